The van der Waals surface area contributed by atoms with Crippen LogP contribution < -0.4 is 5.50 Å². The lowest BCUT2D eigenvalue weighted by Crippen LogP contribution is -1.56. The Kier molecular flexibility index (Phi) is 8.31. The van der Waals surface area contributed by atoms with Crippen molar-refractivity contribution < 1.29 is 0 Å². The maximum atomic E-state index is 5.30. The molecule has 0 aliphatic heterocycles. The van der Waals surface area contributed by atoms with Gasteiger partial charge in [0.1, 0.15) is 0 Å². The summed E-state index contributed by atoms with van der Waals surface area (Å²) in [6.07, 6.45) is 0. The molecule has 42 valence electrons. The minimum absolute atomic E-state index is 0.0404. The van der Waals surface area contributed by atoms with E-state index in [0.717, 1.165) is 15.0 Å². The summed E-state index contributed by atoms with van der Waals surface area (Å²) in [7, 11) is 5.35. The maximum Gasteiger partial charge on any atom is 0.0104 e. The minimum Gasteiger partial charge on any atom is -0.309 e. The molecule has 0 spiro atoms. The topological polar surface area (TPSA) is 26.0 Å². The lowest BCUT2D eigenvalue weighted by molar-refractivity contribution is 2.05. The molecule has 7 heavy (non-hydrogen) atoms. The summed E-state index contributed by atoms with van der Waals surface area (Å²) >= 11 is 4.78. The first kappa shape index (κ1) is 9.20. The molecule has 1 nitrogen and oxygen atoms in total. The molecule has 0 aromatic rings. The molecule has 0 aliphatic carbocycles. The summed E-state index contributed by atoms with van der Waals surface area (Å²) in [6.45, 7) is 0.0404. The Bertz CT molecular complexity index is 54.0. The fourth-order valence-corrected chi connectivity index (χ4v) is 10.3. The van der Waals surface area contributed by atoms with E-state index in [2.05, 4.69) is 8.93 Å². The molecule has 0 heterocycles. The fraction of sp³-hybridized carbons (Fsp3) is 0. The van der Waals surface area contributed by atoms with Crippen LogP contribution in [0.2, 0.25) is 0 Å². The summed E-state index contributed by atoms with van der Waals surface area (Å²) in [5.74, 6) is 0. The van der Waals surface area contributed by atoms with Crippen molar-refractivity contribution in [3.05, 3.63) is 0 Å². The van der Waals surface area contributed by atoms with E-state index in [1.807, 2.05) is 0 Å². The van der Waals surface area contributed by atoms with Crippen molar-refractivity contribution in [3.63, 3.8) is 0 Å². The van der Waals surface area contributed by atoms with Crippen molar-refractivity contribution in [2.24, 2.45) is 5.50 Å². The van der Waals surface area contributed by atoms with Crippen LogP contribution in [0.4, 0.5) is 0 Å². The second-order valence-corrected chi connectivity index (χ2v) is 15.8. The van der Waals surface area contributed by atoms with E-state index >= 15 is 0 Å². The molecular weight excluding hydrogens is 201 g/mol. The highest BCUT2D eigenvalue weighted by Crippen LogP contribution is 2.76. The van der Waals surface area contributed by atoms with Gasteiger partial charge in [0.05, 0.1) is 0 Å². The predicted octanol–water partition coefficient (Wildman–Crippen LogP) is 2.64. The average molecular weight is 207 g/mol. The van der Waals surface area contributed by atoms with Gasteiger partial charge in [0.2, 0.25) is 0 Å². The molecule has 4 atom stereocenters. The van der Waals surface area contributed by atoms with Crippen LogP contribution in [0.3, 0.4) is 0 Å². The maximum absolute atomic E-state index is 5.30. The van der Waals surface area contributed by atoms with Gasteiger partial charge in [-0.1, -0.05) is 20.7 Å². The van der Waals surface area contributed by atoms with Crippen molar-refractivity contribution in [2.75, 3.05) is 0 Å². The normalized spacial score (nSPS) is 18.0. The first-order valence-corrected chi connectivity index (χ1v) is 10.9. The minimum atomic E-state index is 0.0404. The van der Waals surface area contributed by atoms with Crippen LogP contribution in [0.15, 0.2) is 0 Å². The van der Waals surface area contributed by atoms with Gasteiger partial charge in [-0.05, 0) is 16.4 Å². The quantitative estimate of drug-likeness (QED) is 0.719. The SMILES string of the molecule is NPPP(P)P=S. The molecule has 0 amide bonds. The lowest BCUT2D eigenvalue weighted by Gasteiger charge is -1.97. The highest BCUT2D eigenvalue weighted by atomic mass is 32.9. The highest BCUT2D eigenvalue weighted by Gasteiger charge is 1.91. The molecule has 0 saturated heterocycles. The number of hydrogen-bond donors (Lipinski definition) is 1. The van der Waals surface area contributed by atoms with Crippen molar-refractivity contribution in [2.45, 2.75) is 0 Å². The van der Waals surface area contributed by atoms with E-state index in [-0.39, 0.29) is 6.99 Å². The first-order valence-electron chi connectivity index (χ1n) is 1.40. The van der Waals surface area contributed by atoms with Gasteiger partial charge in [0.25, 0.3) is 0 Å². The van der Waals surface area contributed by atoms with E-state index in [1.165, 1.54) is 0 Å². The van der Waals surface area contributed by atoms with Crippen LogP contribution in [0.1, 0.15) is 0 Å². The second-order valence-electron chi connectivity index (χ2n) is 0.682. The molecule has 0 fully saturated rings. The van der Waals surface area contributed by atoms with Gasteiger partial charge in [-0.15, -0.1) is 0 Å². The molecule has 0 bridgehead atoms. The number of hydrogen-bond acceptors (Lipinski definition) is 2. The zero-order chi connectivity index (χ0) is 5.70. The Morgan fingerprint density at radius 1 is 1.86 bits per heavy atom. The summed E-state index contributed by atoms with van der Waals surface area (Å²) in [5.41, 5.74) is 5.30. The third-order valence-corrected chi connectivity index (χ3v) is 18.1. The third kappa shape index (κ3) is 6.08. The van der Waals surface area contributed by atoms with Gasteiger partial charge in [-0.2, -0.15) is 0 Å². The molecule has 0 aromatic carbocycles. The van der Waals surface area contributed by atoms with E-state index in [9.17, 15) is 0 Å². The van der Waals surface area contributed by atoms with E-state index in [0.29, 0.717) is 8.42 Å². The van der Waals surface area contributed by atoms with Crippen LogP contribution in [0.5, 0.6) is 0 Å². The lowest BCUT2D eigenvalue weighted by atomic mass is 13.9. The molecule has 0 radical (unpaired) electrons. The van der Waals surface area contributed by atoms with Gasteiger partial charge in [-0.25, -0.2) is 0 Å². The second kappa shape index (κ2) is 6.32. The van der Waals surface area contributed by atoms with Crippen molar-refractivity contribution in [1.29, 1.82) is 0 Å². The largest absolute Gasteiger partial charge is 0.309 e. The van der Waals surface area contributed by atoms with Gasteiger partial charge in [0, 0.05) is 14.0 Å². The van der Waals surface area contributed by atoms with E-state index in [1.54, 1.807) is 0 Å². The first-order chi connectivity index (χ1) is 3.31. The number of rotatable bonds is 3. The third-order valence-electron chi connectivity index (χ3n) is 0.267. The van der Waals surface area contributed by atoms with E-state index < -0.39 is 0 Å². The van der Waals surface area contributed by atoms with Gasteiger partial charge >= 0.3 is 0 Å². The monoisotopic (exact) mass is 207 g/mol. The van der Waals surface area contributed by atoms with Crippen molar-refractivity contribution in [1.82, 2.24) is 0 Å². The van der Waals surface area contributed by atoms with Gasteiger partial charge in [-0.3, -0.25) is 0 Å². The summed E-state index contributed by atoms with van der Waals surface area (Å²) in [4.78, 5) is 0. The molecule has 0 saturated carbocycles. The molecule has 7 heteroatoms. The molecule has 2 N–H and O–H groups in total. The van der Waals surface area contributed by atoms with Gasteiger partial charge in [0.15, 0.2) is 0 Å². The van der Waals surface area contributed by atoms with Gasteiger partial charge < -0.3 is 5.50 Å². The predicted molar refractivity (Wildman–Crippen MR) is 51.7 cm³/mol. The van der Waals surface area contributed by atoms with Crippen molar-refractivity contribution >= 4 is 51.1 Å². The molecular formula is H6NP5S. The Morgan fingerprint density at radius 2 is 2.43 bits per heavy atom. The summed E-state index contributed by atoms with van der Waals surface area (Å²) < 4.78 is 0. The number of nitrogens with two attached hydrogens (primary N) is 1. The molecule has 0 rings (SSSR count). The van der Waals surface area contributed by atoms with E-state index in [4.69, 9.17) is 17.3 Å². The van der Waals surface area contributed by atoms with Crippen LogP contribution in [0, 0.1) is 0 Å². The van der Waals surface area contributed by atoms with Crippen molar-refractivity contribution in [3.8, 4) is 0 Å². The molecule has 0 aromatic heterocycles. The smallest absolute Gasteiger partial charge is 0.0104 e. The van der Waals surface area contributed by atoms with Crippen LogP contribution in [-0.2, 0) is 11.8 Å². The molecule has 4 unspecified atom stereocenters. The Hall–Kier alpha value is 2.20. The van der Waals surface area contributed by atoms with Crippen LogP contribution >= 0.6 is 39.3 Å². The fourth-order valence-electron chi connectivity index (χ4n) is 0.0865. The zero-order valence-electron chi connectivity index (χ0n) is 3.46. The highest BCUT2D eigenvalue weighted by molar-refractivity contribution is 8.83. The Morgan fingerprint density at radius 3 is 2.57 bits per heavy atom. The summed E-state index contributed by atoms with van der Waals surface area (Å²) in [5, 5.41) is 0. The molecule has 0 aliphatic rings. The Labute approximate surface area is 57.0 Å². The van der Waals surface area contributed by atoms with Crippen LogP contribution in [0.25, 0.3) is 0 Å². The summed E-state index contributed by atoms with van der Waals surface area (Å²) in [6, 6.07) is 0. The standard InChI is InChI=1S/H6NP5S/c1-3-4-6(2)5-7/h3-4H,1-2H2. The zero-order valence-corrected chi connectivity index (χ0v) is 9.22. The Balaban J connectivity index is 2.98. The van der Waals surface area contributed by atoms with Crippen LogP contribution in [-0.4, -0.2) is 0 Å². The average Bonchev–Trinajstić information content (AvgIpc) is 1.68.